The van der Waals surface area contributed by atoms with Crippen LogP contribution >= 0.6 is 0 Å². The normalized spacial score (nSPS) is 13.8. The Morgan fingerprint density at radius 3 is 2.72 bits per heavy atom. The van der Waals surface area contributed by atoms with Gasteiger partial charge in [0.05, 0.1) is 0 Å². The molecule has 0 saturated heterocycles. The summed E-state index contributed by atoms with van der Waals surface area (Å²) in [4.78, 5) is 14.1. The highest BCUT2D eigenvalue weighted by atomic mass is 16.5. The van der Waals surface area contributed by atoms with Gasteiger partial charge in [0.1, 0.15) is 18.1 Å². The topological polar surface area (TPSA) is 42.7 Å². The Balaban J connectivity index is 1.39. The van der Waals surface area contributed by atoms with E-state index in [1.807, 2.05) is 37.4 Å². The van der Waals surface area contributed by atoms with Gasteiger partial charge in [-0.3, -0.25) is 4.79 Å². The molecule has 1 aromatic heterocycles. The second-order valence-corrected chi connectivity index (χ2v) is 6.69. The van der Waals surface area contributed by atoms with E-state index in [0.717, 1.165) is 17.7 Å². The van der Waals surface area contributed by atoms with Crippen molar-refractivity contribution in [2.45, 2.75) is 19.4 Å². The summed E-state index contributed by atoms with van der Waals surface area (Å²) in [7, 11) is 1.83. The number of carbonyl (C=O) groups excluding carboxylic acids is 1. The monoisotopic (exact) mass is 335 g/mol. The van der Waals surface area contributed by atoms with Gasteiger partial charge in [0.2, 0.25) is 0 Å². The van der Waals surface area contributed by atoms with Crippen molar-refractivity contribution in [3.05, 3.63) is 66.1 Å². The maximum atomic E-state index is 12.3. The van der Waals surface area contributed by atoms with Crippen molar-refractivity contribution in [3.63, 3.8) is 0 Å². The fraction of sp³-hybridized carbons (Fsp3) is 0.286. The largest absolute Gasteiger partial charge is 0.486 e. The number of hydrogen-bond donors (Lipinski definition) is 0. The predicted molar refractivity (Wildman–Crippen MR) is 96.7 cm³/mol. The van der Waals surface area contributed by atoms with E-state index in [-0.39, 0.29) is 5.91 Å². The molecule has 0 bridgehead atoms. The Hall–Kier alpha value is -2.75. The second-order valence-electron chi connectivity index (χ2n) is 6.69. The molecular weight excluding hydrogens is 314 g/mol. The fourth-order valence-corrected chi connectivity index (χ4v) is 2.94. The molecule has 25 heavy (non-hydrogen) atoms. The summed E-state index contributed by atoms with van der Waals surface area (Å²) in [5.41, 5.74) is 0. The van der Waals surface area contributed by atoms with Crippen LogP contribution in [0, 0.1) is 5.92 Å². The molecule has 4 heteroatoms. The van der Waals surface area contributed by atoms with Crippen molar-refractivity contribution < 1.29 is 13.9 Å². The lowest BCUT2D eigenvalue weighted by molar-refractivity contribution is 0.0753. The third-order valence-electron chi connectivity index (χ3n) is 4.55. The molecule has 0 radical (unpaired) electrons. The standard InChI is InChI=1S/C21H21NO3/c1-22(13-15-6-7-15)21(23)20-11-10-19(25-20)14-24-18-9-8-16-4-2-3-5-17(16)12-18/h2-5,8-12,15H,6-7,13-14H2,1H3. The molecule has 0 N–H and O–H groups in total. The van der Waals surface area contributed by atoms with E-state index in [0.29, 0.717) is 24.0 Å². The van der Waals surface area contributed by atoms with Crippen LogP contribution in [0.25, 0.3) is 10.8 Å². The minimum absolute atomic E-state index is 0.0659. The number of benzene rings is 2. The van der Waals surface area contributed by atoms with Crippen molar-refractivity contribution in [1.82, 2.24) is 4.90 Å². The Kier molecular flexibility index (Phi) is 4.18. The Morgan fingerprint density at radius 1 is 1.12 bits per heavy atom. The molecule has 4 rings (SSSR count). The lowest BCUT2D eigenvalue weighted by atomic mass is 10.1. The maximum Gasteiger partial charge on any atom is 0.289 e. The summed E-state index contributed by atoms with van der Waals surface area (Å²) in [5.74, 6) is 2.41. The molecule has 2 aromatic carbocycles. The van der Waals surface area contributed by atoms with Crippen molar-refractivity contribution >= 4 is 16.7 Å². The van der Waals surface area contributed by atoms with Gasteiger partial charge in [-0.2, -0.15) is 0 Å². The van der Waals surface area contributed by atoms with Gasteiger partial charge in [0.25, 0.3) is 5.91 Å². The molecule has 0 spiro atoms. The van der Waals surface area contributed by atoms with E-state index in [1.54, 1.807) is 17.0 Å². The van der Waals surface area contributed by atoms with Gasteiger partial charge in [-0.1, -0.05) is 30.3 Å². The van der Waals surface area contributed by atoms with Gasteiger partial charge in [-0.15, -0.1) is 0 Å². The predicted octanol–water partition coefficient (Wildman–Crippen LogP) is 4.49. The van der Waals surface area contributed by atoms with Gasteiger partial charge in [0, 0.05) is 13.6 Å². The van der Waals surface area contributed by atoms with Crippen LogP contribution in [-0.2, 0) is 6.61 Å². The van der Waals surface area contributed by atoms with Crippen LogP contribution in [0.3, 0.4) is 0 Å². The number of rotatable bonds is 6. The highest BCUT2D eigenvalue weighted by Crippen LogP contribution is 2.29. The van der Waals surface area contributed by atoms with Crippen molar-refractivity contribution in [2.75, 3.05) is 13.6 Å². The van der Waals surface area contributed by atoms with Crippen LogP contribution in [0.1, 0.15) is 29.2 Å². The highest BCUT2D eigenvalue weighted by Gasteiger charge is 2.26. The molecule has 1 aliphatic rings. The highest BCUT2D eigenvalue weighted by molar-refractivity contribution is 5.91. The number of ether oxygens (including phenoxy) is 1. The smallest absolute Gasteiger partial charge is 0.289 e. The summed E-state index contributed by atoms with van der Waals surface area (Å²) in [5, 5.41) is 2.32. The average Bonchev–Trinajstić information content (AvgIpc) is 3.32. The fourth-order valence-electron chi connectivity index (χ4n) is 2.94. The van der Waals surface area contributed by atoms with E-state index in [9.17, 15) is 4.79 Å². The lowest BCUT2D eigenvalue weighted by Gasteiger charge is -2.14. The van der Waals surface area contributed by atoms with Crippen LogP contribution in [0.2, 0.25) is 0 Å². The van der Waals surface area contributed by atoms with Crippen molar-refractivity contribution in [2.24, 2.45) is 5.92 Å². The first kappa shape index (κ1) is 15.8. The molecule has 1 heterocycles. The van der Waals surface area contributed by atoms with Gasteiger partial charge < -0.3 is 14.1 Å². The molecule has 128 valence electrons. The summed E-state index contributed by atoms with van der Waals surface area (Å²) >= 11 is 0. The number of hydrogen-bond acceptors (Lipinski definition) is 3. The van der Waals surface area contributed by atoms with Gasteiger partial charge in [-0.05, 0) is 53.8 Å². The van der Waals surface area contributed by atoms with Crippen molar-refractivity contribution in [1.29, 1.82) is 0 Å². The molecule has 0 unspecified atom stereocenters. The molecular formula is C21H21NO3. The first-order chi connectivity index (χ1) is 12.2. The molecule has 1 fully saturated rings. The second kappa shape index (κ2) is 6.63. The van der Waals surface area contributed by atoms with Crippen molar-refractivity contribution in [3.8, 4) is 5.75 Å². The summed E-state index contributed by atoms with van der Waals surface area (Å²) in [6, 6.07) is 17.7. The molecule has 4 nitrogen and oxygen atoms in total. The molecule has 3 aromatic rings. The third-order valence-corrected chi connectivity index (χ3v) is 4.55. The first-order valence-electron chi connectivity index (χ1n) is 8.65. The van der Waals surface area contributed by atoms with E-state index in [1.165, 1.54) is 18.2 Å². The van der Waals surface area contributed by atoms with Gasteiger partial charge in [-0.25, -0.2) is 0 Å². The molecule has 1 saturated carbocycles. The molecule has 1 aliphatic carbocycles. The van der Waals surface area contributed by atoms with E-state index in [2.05, 4.69) is 12.1 Å². The quantitative estimate of drug-likeness (QED) is 0.666. The maximum absolute atomic E-state index is 12.3. The molecule has 0 aliphatic heterocycles. The zero-order chi connectivity index (χ0) is 17.2. The Bertz CT molecular complexity index is 895. The summed E-state index contributed by atoms with van der Waals surface area (Å²) < 4.78 is 11.5. The average molecular weight is 335 g/mol. The van der Waals surface area contributed by atoms with Gasteiger partial charge in [0.15, 0.2) is 5.76 Å². The van der Waals surface area contributed by atoms with E-state index >= 15 is 0 Å². The number of fused-ring (bicyclic) bond motifs is 1. The van der Waals surface area contributed by atoms with Crippen LogP contribution in [0.5, 0.6) is 5.75 Å². The van der Waals surface area contributed by atoms with Crippen LogP contribution in [0.15, 0.2) is 59.0 Å². The van der Waals surface area contributed by atoms with E-state index in [4.69, 9.17) is 9.15 Å². The zero-order valence-electron chi connectivity index (χ0n) is 14.3. The molecule has 1 amide bonds. The van der Waals surface area contributed by atoms with Crippen LogP contribution < -0.4 is 4.74 Å². The Morgan fingerprint density at radius 2 is 1.92 bits per heavy atom. The number of furan rings is 1. The zero-order valence-corrected chi connectivity index (χ0v) is 14.3. The summed E-state index contributed by atoms with van der Waals surface area (Å²) in [6.45, 7) is 1.11. The van der Waals surface area contributed by atoms with Crippen LogP contribution in [0.4, 0.5) is 0 Å². The molecule has 0 atom stereocenters. The SMILES string of the molecule is CN(CC1CC1)C(=O)c1ccc(COc2ccc3ccccc3c2)o1. The minimum atomic E-state index is -0.0659. The number of nitrogens with zero attached hydrogens (tertiary/aromatic N) is 1. The number of carbonyl (C=O) groups is 1. The third kappa shape index (κ3) is 3.68. The number of amides is 1. The lowest BCUT2D eigenvalue weighted by Crippen LogP contribution is -2.28. The summed E-state index contributed by atoms with van der Waals surface area (Å²) in [6.07, 6.45) is 2.45. The van der Waals surface area contributed by atoms with Crippen LogP contribution in [-0.4, -0.2) is 24.4 Å². The van der Waals surface area contributed by atoms with Gasteiger partial charge >= 0.3 is 0 Å². The Labute approximate surface area is 147 Å². The minimum Gasteiger partial charge on any atom is -0.486 e. The first-order valence-corrected chi connectivity index (χ1v) is 8.65. The van der Waals surface area contributed by atoms with E-state index < -0.39 is 0 Å².